The summed E-state index contributed by atoms with van der Waals surface area (Å²) in [5.41, 5.74) is 4.75. The van der Waals surface area contributed by atoms with Crippen molar-refractivity contribution in [3.8, 4) is 17.2 Å². The third-order valence-corrected chi connectivity index (χ3v) is 6.94. The molecule has 2 aromatic carbocycles. The average molecular weight is 750 g/mol. The molecule has 2 atom stereocenters. The zero-order chi connectivity index (χ0) is 27.8. The molecule has 0 saturated carbocycles. The van der Waals surface area contributed by atoms with Gasteiger partial charge >= 0.3 is 12.0 Å². The number of hydrogen-bond acceptors (Lipinski definition) is 9. The van der Waals surface area contributed by atoms with Crippen LogP contribution in [-0.2, 0) is 9.53 Å². The number of nitrogens with one attached hydrogen (secondary N) is 3. The van der Waals surface area contributed by atoms with Crippen molar-refractivity contribution in [2.24, 2.45) is 5.10 Å². The van der Waals surface area contributed by atoms with E-state index in [0.29, 0.717) is 29.4 Å². The highest BCUT2D eigenvalue weighted by Crippen LogP contribution is 2.35. The number of urea groups is 1. The maximum absolute atomic E-state index is 12.4. The van der Waals surface area contributed by atoms with Crippen molar-refractivity contribution in [3.05, 3.63) is 59.9 Å². The molecule has 0 aromatic heterocycles. The molecule has 1 aliphatic heterocycles. The summed E-state index contributed by atoms with van der Waals surface area (Å²) in [6.45, 7) is 3.68. The Morgan fingerprint density at radius 3 is 2.53 bits per heavy atom. The molecule has 0 saturated heterocycles. The molecular formula is C25H28I2N4O7. The maximum Gasteiger partial charge on any atom is 0.337 e. The van der Waals surface area contributed by atoms with E-state index in [4.69, 9.17) is 18.9 Å². The maximum atomic E-state index is 12.4. The van der Waals surface area contributed by atoms with Crippen LogP contribution < -0.4 is 30.3 Å². The zero-order valence-electron chi connectivity index (χ0n) is 21.1. The van der Waals surface area contributed by atoms with Gasteiger partial charge in [0.2, 0.25) is 0 Å². The second-order valence-corrected chi connectivity index (χ2v) is 10.3. The molecule has 38 heavy (non-hydrogen) atoms. The number of ether oxygens (including phenoxy) is 4. The molecule has 1 aliphatic rings. The number of aliphatic hydroxyl groups is 1. The summed E-state index contributed by atoms with van der Waals surface area (Å²) in [4.78, 5) is 24.5. The van der Waals surface area contributed by atoms with Gasteiger partial charge in [-0.1, -0.05) is 6.07 Å². The van der Waals surface area contributed by atoms with E-state index in [9.17, 15) is 14.7 Å². The normalized spacial score (nSPS) is 16.0. The molecule has 1 heterocycles. The minimum Gasteiger partial charge on any atom is -0.495 e. The van der Waals surface area contributed by atoms with E-state index in [2.05, 4.69) is 66.3 Å². The van der Waals surface area contributed by atoms with Gasteiger partial charge in [0.1, 0.15) is 12.4 Å². The van der Waals surface area contributed by atoms with Crippen LogP contribution in [0.4, 0.5) is 4.79 Å². The molecule has 0 unspecified atom stereocenters. The first-order valence-corrected chi connectivity index (χ1v) is 13.6. The van der Waals surface area contributed by atoms with Crippen LogP contribution in [0.2, 0.25) is 0 Å². The topological polar surface area (TPSA) is 140 Å². The van der Waals surface area contributed by atoms with Gasteiger partial charge in [-0.25, -0.2) is 9.59 Å². The van der Waals surface area contributed by atoms with Crippen molar-refractivity contribution in [1.29, 1.82) is 0 Å². The van der Waals surface area contributed by atoms with Gasteiger partial charge in [0.05, 0.1) is 45.8 Å². The smallest absolute Gasteiger partial charge is 0.337 e. The predicted octanol–water partition coefficient (Wildman–Crippen LogP) is 3.42. The fourth-order valence-corrected chi connectivity index (χ4v) is 5.93. The van der Waals surface area contributed by atoms with E-state index in [1.54, 1.807) is 38.4 Å². The lowest BCUT2D eigenvalue weighted by atomic mass is 9.95. The van der Waals surface area contributed by atoms with Crippen molar-refractivity contribution >= 4 is 63.4 Å². The first-order valence-electron chi connectivity index (χ1n) is 11.4. The number of hydrazone groups is 1. The third kappa shape index (κ3) is 7.41. The summed E-state index contributed by atoms with van der Waals surface area (Å²) in [5, 5.41) is 19.7. The van der Waals surface area contributed by atoms with Gasteiger partial charge in [-0.05, 0) is 94.4 Å². The molecule has 0 spiro atoms. The molecule has 2 amide bonds. The molecule has 2 aromatic rings. The van der Waals surface area contributed by atoms with Crippen LogP contribution in [-0.4, -0.2) is 57.0 Å². The zero-order valence-corrected chi connectivity index (χ0v) is 25.4. The van der Waals surface area contributed by atoms with Crippen molar-refractivity contribution in [2.45, 2.75) is 26.1 Å². The van der Waals surface area contributed by atoms with Crippen LogP contribution in [0.1, 0.15) is 31.0 Å². The van der Waals surface area contributed by atoms with Gasteiger partial charge in [-0.15, -0.1) is 0 Å². The number of carbonyl (C=O) groups is 2. The lowest BCUT2D eigenvalue weighted by Gasteiger charge is -2.28. The van der Waals surface area contributed by atoms with Gasteiger partial charge < -0.3 is 34.7 Å². The first kappa shape index (κ1) is 29.8. The summed E-state index contributed by atoms with van der Waals surface area (Å²) >= 11 is 4.38. The van der Waals surface area contributed by atoms with E-state index in [0.717, 1.165) is 18.5 Å². The average Bonchev–Trinajstić information content (AvgIpc) is 2.87. The number of allylic oxidation sites excluding steroid dienone is 1. The van der Waals surface area contributed by atoms with Crippen LogP contribution >= 0.6 is 45.2 Å². The lowest BCUT2D eigenvalue weighted by molar-refractivity contribution is -0.136. The van der Waals surface area contributed by atoms with Gasteiger partial charge in [0.15, 0.2) is 17.7 Å². The number of carbonyl (C=O) groups excluding carboxylic acids is 2. The number of methoxy groups -OCH3 is 2. The number of esters is 1. The first-order chi connectivity index (χ1) is 18.2. The minimum atomic E-state index is -1.10. The van der Waals surface area contributed by atoms with Crippen molar-refractivity contribution in [3.63, 3.8) is 0 Å². The Bertz CT molecular complexity index is 1230. The van der Waals surface area contributed by atoms with Crippen LogP contribution in [0.3, 0.4) is 0 Å². The number of nitrogens with zero attached hydrogens (tertiary/aromatic N) is 1. The summed E-state index contributed by atoms with van der Waals surface area (Å²) in [5.74, 6) is 1.00. The third-order valence-electron chi connectivity index (χ3n) is 5.33. The highest BCUT2D eigenvalue weighted by molar-refractivity contribution is 14.1. The van der Waals surface area contributed by atoms with E-state index in [-0.39, 0.29) is 12.2 Å². The fourth-order valence-electron chi connectivity index (χ4n) is 3.67. The molecule has 13 heteroatoms. The van der Waals surface area contributed by atoms with E-state index >= 15 is 0 Å². The van der Waals surface area contributed by atoms with Gasteiger partial charge in [-0.2, -0.15) is 5.10 Å². The Morgan fingerprint density at radius 2 is 1.89 bits per heavy atom. The molecule has 0 bridgehead atoms. The van der Waals surface area contributed by atoms with Crippen LogP contribution in [0, 0.1) is 7.14 Å². The van der Waals surface area contributed by atoms with Gasteiger partial charge in [0, 0.05) is 5.70 Å². The monoisotopic (exact) mass is 750 g/mol. The Balaban J connectivity index is 1.70. The Morgan fingerprint density at radius 1 is 1.18 bits per heavy atom. The van der Waals surface area contributed by atoms with Crippen LogP contribution in [0.5, 0.6) is 17.2 Å². The number of halogens is 2. The second kappa shape index (κ2) is 13.8. The second-order valence-electron chi connectivity index (χ2n) is 7.93. The molecule has 11 nitrogen and oxygen atoms in total. The fraction of sp³-hybridized carbons (Fsp3) is 0.320. The van der Waals surface area contributed by atoms with E-state index < -0.39 is 24.3 Å². The summed E-state index contributed by atoms with van der Waals surface area (Å²) in [6.07, 6.45) is 0.492. The SMILES string of the molecule is CCOc1cc([C@@H]2NC(=O)NC(C)=C2C(=O)OC)ccc1OC[C@@H](O)N/N=C\c1cc(I)c(OC)c(I)c1. The summed E-state index contributed by atoms with van der Waals surface area (Å²) in [6, 6.07) is 7.68. The molecular weight excluding hydrogens is 722 g/mol. The van der Waals surface area contributed by atoms with Gasteiger partial charge in [-0.3, -0.25) is 5.43 Å². The molecule has 0 fully saturated rings. The Hall–Kier alpha value is -2.79. The Labute approximate surface area is 247 Å². The summed E-state index contributed by atoms with van der Waals surface area (Å²) < 4.78 is 23.7. The number of hydrogen-bond donors (Lipinski definition) is 4. The molecule has 3 rings (SSSR count). The van der Waals surface area contributed by atoms with Gasteiger partial charge in [0.25, 0.3) is 0 Å². The highest BCUT2D eigenvalue weighted by atomic mass is 127. The van der Waals surface area contributed by atoms with Crippen molar-refractivity contribution < 1.29 is 33.6 Å². The van der Waals surface area contributed by atoms with Crippen molar-refractivity contribution in [2.75, 3.05) is 27.4 Å². The number of aliphatic hydroxyl groups excluding tert-OH is 1. The number of rotatable bonds is 11. The minimum absolute atomic E-state index is 0.120. The standard InChI is InChI=1S/C25H28I2N4O7/c1-5-37-19-10-15(22-21(24(33)36-4)13(2)29-25(34)30-22)6-7-18(19)38-12-20(32)31-28-11-14-8-16(26)23(35-3)17(27)9-14/h6-11,20,22,31-32H,5,12H2,1-4H3,(H2,29,30,34)/b28-11-/t20-,22+/m1/s1. The number of benzene rings is 2. The Kier molecular flexibility index (Phi) is 10.8. The quantitative estimate of drug-likeness (QED) is 0.0902. The van der Waals surface area contributed by atoms with Crippen molar-refractivity contribution in [1.82, 2.24) is 16.1 Å². The number of amides is 2. The van der Waals surface area contributed by atoms with E-state index in [1.165, 1.54) is 7.11 Å². The molecule has 4 N–H and O–H groups in total. The largest absolute Gasteiger partial charge is 0.495 e. The molecule has 0 aliphatic carbocycles. The lowest BCUT2D eigenvalue weighted by Crippen LogP contribution is -2.45. The van der Waals surface area contributed by atoms with E-state index in [1.807, 2.05) is 19.1 Å². The highest BCUT2D eigenvalue weighted by Gasteiger charge is 2.32. The molecule has 0 radical (unpaired) electrons. The molecule has 204 valence electrons. The predicted molar refractivity (Wildman–Crippen MR) is 157 cm³/mol. The van der Waals surface area contributed by atoms with Crippen LogP contribution in [0.15, 0.2) is 46.7 Å². The summed E-state index contributed by atoms with van der Waals surface area (Å²) in [7, 11) is 2.90. The van der Waals surface area contributed by atoms with Crippen LogP contribution in [0.25, 0.3) is 0 Å².